The van der Waals surface area contributed by atoms with E-state index in [9.17, 15) is 5.11 Å². The lowest BCUT2D eigenvalue weighted by Crippen LogP contribution is -2.54. The predicted octanol–water partition coefficient (Wildman–Crippen LogP) is 3.08. The zero-order chi connectivity index (χ0) is 12.8. The minimum absolute atomic E-state index is 0.0416. The van der Waals surface area contributed by atoms with Gasteiger partial charge in [-0.3, -0.25) is 0 Å². The van der Waals surface area contributed by atoms with Crippen molar-refractivity contribution in [3.63, 3.8) is 0 Å². The normalized spacial score (nSPS) is 49.5. The van der Waals surface area contributed by atoms with Crippen LogP contribution < -0.4 is 5.73 Å². The summed E-state index contributed by atoms with van der Waals surface area (Å²) in [5.41, 5.74) is 5.72. The van der Waals surface area contributed by atoms with Crippen LogP contribution in [-0.2, 0) is 0 Å². The topological polar surface area (TPSA) is 46.2 Å². The van der Waals surface area contributed by atoms with Gasteiger partial charge < -0.3 is 10.8 Å². The van der Waals surface area contributed by atoms with Gasteiger partial charge in [-0.15, -0.1) is 0 Å². The molecule has 0 amide bonds. The summed E-state index contributed by atoms with van der Waals surface area (Å²) in [4.78, 5) is 0. The van der Waals surface area contributed by atoms with E-state index in [-0.39, 0.29) is 5.41 Å². The monoisotopic (exact) mass is 251 g/mol. The Bertz CT molecular complexity index is 314. The smallest absolute Gasteiger partial charge is 0.0718 e. The number of hydrogen-bond acceptors (Lipinski definition) is 2. The Morgan fingerprint density at radius 1 is 1.06 bits per heavy atom. The molecular formula is C16H29NO. The van der Waals surface area contributed by atoms with Crippen molar-refractivity contribution in [2.45, 2.75) is 70.3 Å². The largest absolute Gasteiger partial charge is 0.389 e. The molecule has 2 nitrogen and oxygen atoms in total. The Morgan fingerprint density at radius 2 is 1.83 bits per heavy atom. The Balaban J connectivity index is 1.78. The van der Waals surface area contributed by atoms with Crippen molar-refractivity contribution in [3.05, 3.63) is 0 Å². The van der Waals surface area contributed by atoms with Gasteiger partial charge in [0.05, 0.1) is 5.60 Å². The molecular weight excluding hydrogens is 222 g/mol. The van der Waals surface area contributed by atoms with Crippen LogP contribution >= 0.6 is 0 Å². The molecule has 2 heteroatoms. The fraction of sp³-hybridized carbons (Fsp3) is 1.00. The quantitative estimate of drug-likeness (QED) is 0.809. The van der Waals surface area contributed by atoms with Crippen molar-refractivity contribution in [1.82, 2.24) is 0 Å². The molecule has 3 aliphatic carbocycles. The van der Waals surface area contributed by atoms with E-state index in [2.05, 4.69) is 6.92 Å². The fourth-order valence-electron chi connectivity index (χ4n) is 4.94. The van der Waals surface area contributed by atoms with Gasteiger partial charge in [0.1, 0.15) is 0 Å². The van der Waals surface area contributed by atoms with Crippen LogP contribution in [0, 0.1) is 23.2 Å². The first-order valence-electron chi connectivity index (χ1n) is 8.01. The molecule has 0 bridgehead atoms. The van der Waals surface area contributed by atoms with Crippen molar-refractivity contribution in [3.8, 4) is 0 Å². The summed E-state index contributed by atoms with van der Waals surface area (Å²) in [6, 6.07) is 0. The van der Waals surface area contributed by atoms with Gasteiger partial charge in [-0.05, 0) is 62.7 Å². The van der Waals surface area contributed by atoms with Crippen LogP contribution in [-0.4, -0.2) is 17.3 Å². The van der Waals surface area contributed by atoms with Crippen molar-refractivity contribution in [2.75, 3.05) is 6.54 Å². The van der Waals surface area contributed by atoms with Gasteiger partial charge in [-0.1, -0.05) is 19.8 Å². The zero-order valence-electron chi connectivity index (χ0n) is 11.8. The van der Waals surface area contributed by atoms with Gasteiger partial charge in [0.25, 0.3) is 0 Å². The van der Waals surface area contributed by atoms with Crippen molar-refractivity contribution in [1.29, 1.82) is 0 Å². The summed E-state index contributed by atoms with van der Waals surface area (Å²) in [6.45, 7) is 3.01. The van der Waals surface area contributed by atoms with Crippen LogP contribution in [0.1, 0.15) is 64.7 Å². The second kappa shape index (κ2) is 4.49. The second-order valence-electron chi connectivity index (χ2n) is 7.56. The second-order valence-corrected chi connectivity index (χ2v) is 7.56. The van der Waals surface area contributed by atoms with Gasteiger partial charge in [-0.2, -0.15) is 0 Å². The van der Waals surface area contributed by atoms with Gasteiger partial charge in [-0.25, -0.2) is 0 Å². The molecule has 0 aromatic heterocycles. The van der Waals surface area contributed by atoms with Crippen LogP contribution in [0.5, 0.6) is 0 Å². The SMILES string of the molecule is CC1CCC(CN)(C2(O)CCCC(C3CC3)C2)C1. The fourth-order valence-corrected chi connectivity index (χ4v) is 4.94. The minimum atomic E-state index is -0.446. The third-order valence-corrected chi connectivity index (χ3v) is 6.29. The van der Waals surface area contributed by atoms with E-state index in [1.807, 2.05) is 0 Å². The molecule has 3 N–H and O–H groups in total. The van der Waals surface area contributed by atoms with Gasteiger partial charge in [0.2, 0.25) is 0 Å². The summed E-state index contributed by atoms with van der Waals surface area (Å²) in [5.74, 6) is 2.48. The molecule has 3 fully saturated rings. The predicted molar refractivity (Wildman–Crippen MR) is 74.1 cm³/mol. The van der Waals surface area contributed by atoms with Crippen LogP contribution in [0.4, 0.5) is 0 Å². The highest BCUT2D eigenvalue weighted by Crippen LogP contribution is 2.57. The van der Waals surface area contributed by atoms with E-state index in [0.29, 0.717) is 6.54 Å². The van der Waals surface area contributed by atoms with E-state index in [1.54, 1.807) is 0 Å². The average molecular weight is 251 g/mol. The van der Waals surface area contributed by atoms with Crippen LogP contribution in [0.3, 0.4) is 0 Å². The highest BCUT2D eigenvalue weighted by atomic mass is 16.3. The summed E-state index contributed by atoms with van der Waals surface area (Å²) < 4.78 is 0. The van der Waals surface area contributed by atoms with E-state index in [0.717, 1.165) is 43.4 Å². The molecule has 4 atom stereocenters. The Labute approximate surface area is 111 Å². The first-order chi connectivity index (χ1) is 8.59. The summed E-state index contributed by atoms with van der Waals surface area (Å²) in [5, 5.41) is 11.3. The van der Waals surface area contributed by atoms with Crippen molar-refractivity contribution in [2.24, 2.45) is 28.9 Å². The Kier molecular flexibility index (Phi) is 3.22. The summed E-state index contributed by atoms with van der Waals surface area (Å²) in [6.07, 6.45) is 11.0. The lowest BCUT2D eigenvalue weighted by molar-refractivity contribution is -0.119. The first kappa shape index (κ1) is 12.9. The lowest BCUT2D eigenvalue weighted by Gasteiger charge is -2.49. The Hall–Kier alpha value is -0.0800. The molecule has 0 spiro atoms. The van der Waals surface area contributed by atoms with Crippen LogP contribution in [0.25, 0.3) is 0 Å². The number of aliphatic hydroxyl groups is 1. The maximum atomic E-state index is 11.3. The molecule has 0 heterocycles. The van der Waals surface area contributed by atoms with E-state index in [4.69, 9.17) is 5.73 Å². The van der Waals surface area contributed by atoms with Gasteiger partial charge in [0.15, 0.2) is 0 Å². The third-order valence-electron chi connectivity index (χ3n) is 6.29. The summed E-state index contributed by atoms with van der Waals surface area (Å²) >= 11 is 0. The molecule has 104 valence electrons. The third kappa shape index (κ3) is 2.02. The van der Waals surface area contributed by atoms with Crippen molar-refractivity contribution >= 4 is 0 Å². The molecule has 0 aliphatic heterocycles. The number of hydrogen-bond donors (Lipinski definition) is 2. The maximum Gasteiger partial charge on any atom is 0.0718 e. The maximum absolute atomic E-state index is 11.3. The van der Waals surface area contributed by atoms with E-state index in [1.165, 1.54) is 32.1 Å². The highest BCUT2D eigenvalue weighted by Gasteiger charge is 2.55. The zero-order valence-corrected chi connectivity index (χ0v) is 11.8. The van der Waals surface area contributed by atoms with Crippen LogP contribution in [0.15, 0.2) is 0 Å². The molecule has 0 saturated heterocycles. The molecule has 3 aliphatic rings. The molecule has 3 rings (SSSR count). The van der Waals surface area contributed by atoms with Crippen molar-refractivity contribution < 1.29 is 5.11 Å². The van der Waals surface area contributed by atoms with Gasteiger partial charge >= 0.3 is 0 Å². The molecule has 0 radical (unpaired) electrons. The highest BCUT2D eigenvalue weighted by molar-refractivity contribution is 5.07. The molecule has 18 heavy (non-hydrogen) atoms. The lowest BCUT2D eigenvalue weighted by atomic mass is 9.61. The molecule has 0 aromatic carbocycles. The van der Waals surface area contributed by atoms with E-state index < -0.39 is 5.60 Å². The number of rotatable bonds is 3. The molecule has 4 unspecified atom stereocenters. The standard InChI is InChI=1S/C16H29NO/c1-12-6-8-15(9-12,11-17)16(18)7-2-3-14(10-16)13-4-5-13/h12-14,18H,2-11,17H2,1H3. The van der Waals surface area contributed by atoms with Gasteiger partial charge in [0, 0.05) is 12.0 Å². The number of nitrogens with two attached hydrogens (primary N) is 1. The Morgan fingerprint density at radius 3 is 2.39 bits per heavy atom. The summed E-state index contributed by atoms with van der Waals surface area (Å²) in [7, 11) is 0. The molecule has 3 saturated carbocycles. The molecule has 0 aromatic rings. The van der Waals surface area contributed by atoms with E-state index >= 15 is 0 Å². The minimum Gasteiger partial charge on any atom is -0.389 e. The van der Waals surface area contributed by atoms with Crippen LogP contribution in [0.2, 0.25) is 0 Å². The first-order valence-corrected chi connectivity index (χ1v) is 8.01. The average Bonchev–Trinajstić information content (AvgIpc) is 3.13.